The Balaban J connectivity index is 2.06. The molecule has 0 aliphatic carbocycles. The number of carbonyl (C=O) groups is 2. The van der Waals surface area contributed by atoms with Gasteiger partial charge in [-0.25, -0.2) is 0 Å². The van der Waals surface area contributed by atoms with Crippen molar-refractivity contribution in [2.24, 2.45) is 0 Å². The van der Waals surface area contributed by atoms with Crippen LogP contribution in [-0.4, -0.2) is 49.8 Å². The molecule has 0 bridgehead atoms. The molecular formula is C15H20N2O4. The van der Waals surface area contributed by atoms with Crippen molar-refractivity contribution in [2.75, 3.05) is 32.1 Å². The van der Waals surface area contributed by atoms with Gasteiger partial charge in [0, 0.05) is 25.9 Å². The van der Waals surface area contributed by atoms with E-state index in [1.165, 1.54) is 7.05 Å². The van der Waals surface area contributed by atoms with E-state index in [0.29, 0.717) is 30.9 Å². The molecule has 1 heterocycles. The van der Waals surface area contributed by atoms with Gasteiger partial charge in [-0.3, -0.25) is 14.5 Å². The first-order valence-corrected chi connectivity index (χ1v) is 7.02. The summed E-state index contributed by atoms with van der Waals surface area (Å²) in [5.74, 6) is -0.534. The van der Waals surface area contributed by atoms with E-state index in [1.807, 2.05) is 13.8 Å². The third kappa shape index (κ3) is 3.22. The van der Waals surface area contributed by atoms with Gasteiger partial charge in [0.05, 0.1) is 17.7 Å². The van der Waals surface area contributed by atoms with Gasteiger partial charge in [0.2, 0.25) is 0 Å². The van der Waals surface area contributed by atoms with Crippen LogP contribution < -0.4 is 5.32 Å². The van der Waals surface area contributed by atoms with Gasteiger partial charge in [0.25, 0.3) is 11.8 Å². The number of benzene rings is 1. The lowest BCUT2D eigenvalue weighted by Crippen LogP contribution is -2.26. The molecular weight excluding hydrogens is 272 g/mol. The van der Waals surface area contributed by atoms with Crippen LogP contribution in [-0.2, 0) is 9.47 Å². The molecule has 1 aliphatic heterocycles. The van der Waals surface area contributed by atoms with E-state index >= 15 is 0 Å². The Kier molecular flexibility index (Phi) is 4.93. The molecule has 2 rings (SSSR count). The average Bonchev–Trinajstić information content (AvgIpc) is 2.70. The van der Waals surface area contributed by atoms with Crippen molar-refractivity contribution in [2.45, 2.75) is 20.1 Å². The van der Waals surface area contributed by atoms with E-state index in [1.54, 1.807) is 18.2 Å². The number of amides is 2. The summed E-state index contributed by atoms with van der Waals surface area (Å²) >= 11 is 0. The second-order valence-corrected chi connectivity index (χ2v) is 4.65. The molecule has 0 unspecified atom stereocenters. The molecule has 114 valence electrons. The molecule has 0 saturated carbocycles. The zero-order valence-corrected chi connectivity index (χ0v) is 12.5. The lowest BCUT2D eigenvalue weighted by molar-refractivity contribution is -0.126. The molecule has 1 aromatic carbocycles. The lowest BCUT2D eigenvalue weighted by Gasteiger charge is -2.18. The fraction of sp³-hybridized carbons (Fsp3) is 0.467. The van der Waals surface area contributed by atoms with Gasteiger partial charge in [-0.2, -0.15) is 0 Å². The Morgan fingerprint density at radius 3 is 2.33 bits per heavy atom. The highest BCUT2D eigenvalue weighted by Gasteiger charge is 2.32. The first kappa shape index (κ1) is 15.5. The van der Waals surface area contributed by atoms with Crippen molar-refractivity contribution in [1.29, 1.82) is 0 Å². The number of anilines is 1. The highest BCUT2D eigenvalue weighted by Crippen LogP contribution is 2.24. The normalized spacial score (nSPS) is 14.0. The first-order chi connectivity index (χ1) is 10.1. The Labute approximate surface area is 124 Å². The molecule has 6 heteroatoms. The van der Waals surface area contributed by atoms with Crippen LogP contribution in [0, 0.1) is 0 Å². The monoisotopic (exact) mass is 292 g/mol. The number of hydrogen-bond acceptors (Lipinski definition) is 5. The van der Waals surface area contributed by atoms with Gasteiger partial charge in [0.1, 0.15) is 0 Å². The Morgan fingerprint density at radius 1 is 1.10 bits per heavy atom. The molecule has 21 heavy (non-hydrogen) atoms. The zero-order chi connectivity index (χ0) is 15.4. The standard InChI is InChI=1S/C15H20N2O4/c1-4-20-13(21-5-2)9-16-10-6-7-11-12(8-10)15(19)17(3)14(11)18/h6-8,13,16H,4-5,9H2,1-3H3. The van der Waals surface area contributed by atoms with Crippen LogP contribution in [0.5, 0.6) is 0 Å². The second-order valence-electron chi connectivity index (χ2n) is 4.65. The minimum absolute atomic E-state index is 0.261. The SMILES string of the molecule is CCOC(CNc1ccc2c(c1)C(=O)N(C)C2=O)OCC. The average molecular weight is 292 g/mol. The van der Waals surface area contributed by atoms with E-state index in [-0.39, 0.29) is 18.1 Å². The Morgan fingerprint density at radius 2 is 1.71 bits per heavy atom. The van der Waals surface area contributed by atoms with Crippen LogP contribution in [0.4, 0.5) is 5.69 Å². The summed E-state index contributed by atoms with van der Waals surface area (Å²) in [5, 5.41) is 3.16. The molecule has 6 nitrogen and oxygen atoms in total. The quantitative estimate of drug-likeness (QED) is 0.612. The molecule has 0 aromatic heterocycles. The topological polar surface area (TPSA) is 67.9 Å². The van der Waals surface area contributed by atoms with Crippen LogP contribution in [0.2, 0.25) is 0 Å². The fourth-order valence-electron chi connectivity index (χ4n) is 2.21. The van der Waals surface area contributed by atoms with Crippen LogP contribution in [0.25, 0.3) is 0 Å². The summed E-state index contributed by atoms with van der Waals surface area (Å²) < 4.78 is 10.9. The van der Waals surface area contributed by atoms with Gasteiger partial charge in [-0.1, -0.05) is 0 Å². The van der Waals surface area contributed by atoms with Gasteiger partial charge in [-0.05, 0) is 32.0 Å². The largest absolute Gasteiger partial charge is 0.380 e. The van der Waals surface area contributed by atoms with Gasteiger partial charge in [0.15, 0.2) is 6.29 Å². The highest BCUT2D eigenvalue weighted by molar-refractivity contribution is 6.21. The molecule has 2 amide bonds. The summed E-state index contributed by atoms with van der Waals surface area (Å²) in [6.45, 7) is 5.41. The molecule has 0 fully saturated rings. The number of nitrogens with zero attached hydrogens (tertiary/aromatic N) is 1. The fourth-order valence-corrected chi connectivity index (χ4v) is 2.21. The van der Waals surface area contributed by atoms with E-state index in [9.17, 15) is 9.59 Å². The molecule has 1 N–H and O–H groups in total. The second kappa shape index (κ2) is 6.69. The zero-order valence-electron chi connectivity index (χ0n) is 12.5. The summed E-state index contributed by atoms with van der Waals surface area (Å²) in [6, 6.07) is 5.13. The number of imide groups is 1. The van der Waals surface area contributed by atoms with Crippen LogP contribution in [0.15, 0.2) is 18.2 Å². The number of hydrogen-bond donors (Lipinski definition) is 1. The van der Waals surface area contributed by atoms with E-state index in [2.05, 4.69) is 5.32 Å². The van der Waals surface area contributed by atoms with E-state index in [0.717, 1.165) is 10.6 Å². The molecule has 1 aromatic rings. The Hall–Kier alpha value is -1.92. The number of nitrogens with one attached hydrogen (secondary N) is 1. The maximum absolute atomic E-state index is 11.9. The Bertz CT molecular complexity index is 538. The van der Waals surface area contributed by atoms with E-state index < -0.39 is 0 Å². The smallest absolute Gasteiger partial charge is 0.261 e. The highest BCUT2D eigenvalue weighted by atomic mass is 16.7. The third-order valence-electron chi connectivity index (χ3n) is 3.27. The summed E-state index contributed by atoms with van der Waals surface area (Å²) in [6.07, 6.45) is -0.340. The molecule has 0 saturated heterocycles. The maximum atomic E-state index is 11.9. The lowest BCUT2D eigenvalue weighted by atomic mass is 10.1. The summed E-state index contributed by atoms with van der Waals surface area (Å²) in [7, 11) is 1.48. The third-order valence-corrected chi connectivity index (χ3v) is 3.27. The maximum Gasteiger partial charge on any atom is 0.261 e. The van der Waals surface area contributed by atoms with Crippen molar-refractivity contribution >= 4 is 17.5 Å². The van der Waals surface area contributed by atoms with Crippen molar-refractivity contribution in [3.63, 3.8) is 0 Å². The number of carbonyl (C=O) groups excluding carboxylic acids is 2. The minimum Gasteiger partial charge on any atom is -0.380 e. The number of rotatable bonds is 7. The van der Waals surface area contributed by atoms with Crippen LogP contribution in [0.3, 0.4) is 0 Å². The number of ether oxygens (including phenoxy) is 2. The van der Waals surface area contributed by atoms with Crippen molar-refractivity contribution in [3.05, 3.63) is 29.3 Å². The van der Waals surface area contributed by atoms with Gasteiger partial charge in [-0.15, -0.1) is 0 Å². The first-order valence-electron chi connectivity index (χ1n) is 7.02. The van der Waals surface area contributed by atoms with Gasteiger partial charge < -0.3 is 14.8 Å². The summed E-state index contributed by atoms with van der Waals surface area (Å²) in [4.78, 5) is 24.9. The molecule has 1 aliphatic rings. The summed E-state index contributed by atoms with van der Waals surface area (Å²) in [5.41, 5.74) is 1.63. The minimum atomic E-state index is -0.340. The molecule has 0 spiro atoms. The van der Waals surface area contributed by atoms with Crippen LogP contribution >= 0.6 is 0 Å². The molecule has 0 atom stereocenters. The van der Waals surface area contributed by atoms with Crippen molar-refractivity contribution in [3.8, 4) is 0 Å². The van der Waals surface area contributed by atoms with Crippen molar-refractivity contribution < 1.29 is 19.1 Å². The van der Waals surface area contributed by atoms with Crippen LogP contribution in [0.1, 0.15) is 34.6 Å². The predicted octanol–water partition coefficient (Wildman–Crippen LogP) is 1.72. The van der Waals surface area contributed by atoms with Gasteiger partial charge >= 0.3 is 0 Å². The van der Waals surface area contributed by atoms with E-state index in [4.69, 9.17) is 9.47 Å². The predicted molar refractivity (Wildman–Crippen MR) is 78.4 cm³/mol. The molecule has 0 radical (unpaired) electrons. The number of fused-ring (bicyclic) bond motifs is 1. The van der Waals surface area contributed by atoms with Crippen molar-refractivity contribution in [1.82, 2.24) is 4.90 Å².